The molecule has 0 saturated carbocycles. The Labute approximate surface area is 141 Å². The van der Waals surface area contributed by atoms with Crippen molar-refractivity contribution in [1.82, 2.24) is 10.6 Å². The van der Waals surface area contributed by atoms with Crippen LogP contribution in [-0.2, 0) is 11.0 Å². The smallest absolute Gasteiger partial charge is 0.356 e. The summed E-state index contributed by atoms with van der Waals surface area (Å²) in [6.45, 7) is 4.38. The number of alkyl halides is 3. The van der Waals surface area contributed by atoms with E-state index in [-0.39, 0.29) is 11.8 Å². The van der Waals surface area contributed by atoms with Crippen molar-refractivity contribution >= 4 is 5.91 Å². The Kier molecular flexibility index (Phi) is 6.66. The molecule has 2 unspecified atom stereocenters. The van der Waals surface area contributed by atoms with Crippen LogP contribution < -0.4 is 10.6 Å². The number of nitrogens with one attached hydrogen (secondary N) is 2. The number of carbonyl (C=O) groups is 1. The van der Waals surface area contributed by atoms with Gasteiger partial charge in [-0.3, -0.25) is 4.79 Å². The van der Waals surface area contributed by atoms with Gasteiger partial charge in [0.2, 0.25) is 5.91 Å². The summed E-state index contributed by atoms with van der Waals surface area (Å²) in [6, 6.07) is 5.41. The molecule has 1 heterocycles. The highest BCUT2D eigenvalue weighted by atomic mass is 19.4. The van der Waals surface area contributed by atoms with Gasteiger partial charge >= 0.3 is 6.18 Å². The Bertz CT molecular complexity index is 539. The number of halogens is 3. The quantitative estimate of drug-likeness (QED) is 0.793. The van der Waals surface area contributed by atoms with Crippen LogP contribution >= 0.6 is 0 Å². The van der Waals surface area contributed by atoms with E-state index in [1.807, 2.05) is 6.92 Å². The van der Waals surface area contributed by atoms with Crippen LogP contribution in [0.2, 0.25) is 0 Å². The van der Waals surface area contributed by atoms with Crippen molar-refractivity contribution in [1.29, 1.82) is 0 Å². The zero-order chi connectivity index (χ0) is 17.6. The second-order valence-corrected chi connectivity index (χ2v) is 6.56. The predicted octanol–water partition coefficient (Wildman–Crippen LogP) is 3.70. The molecule has 3 nitrogen and oxygen atoms in total. The third kappa shape index (κ3) is 5.82. The van der Waals surface area contributed by atoms with Crippen molar-refractivity contribution < 1.29 is 18.0 Å². The molecular weight excluding hydrogens is 317 g/mol. The highest BCUT2D eigenvalue weighted by Gasteiger charge is 2.30. The lowest BCUT2D eigenvalue weighted by Crippen LogP contribution is -2.26. The molecule has 1 aromatic carbocycles. The molecular formula is C18H25F3N2O. The van der Waals surface area contributed by atoms with Crippen LogP contribution in [0, 0.1) is 5.92 Å². The van der Waals surface area contributed by atoms with Crippen molar-refractivity contribution in [2.24, 2.45) is 5.92 Å². The van der Waals surface area contributed by atoms with Gasteiger partial charge in [0, 0.05) is 13.0 Å². The number of carbonyl (C=O) groups excluding carboxylic acids is 1. The van der Waals surface area contributed by atoms with Gasteiger partial charge in [0.05, 0.1) is 5.56 Å². The minimum atomic E-state index is -4.32. The molecule has 2 atom stereocenters. The number of rotatable bonds is 7. The van der Waals surface area contributed by atoms with Gasteiger partial charge in [-0.15, -0.1) is 0 Å². The SMILES string of the molecule is CC(CCNC(=O)CCC1CCNC1)c1cccc(C(F)(F)F)c1. The Balaban J connectivity index is 1.72. The van der Waals surface area contributed by atoms with Crippen LogP contribution in [0.15, 0.2) is 24.3 Å². The van der Waals surface area contributed by atoms with Crippen LogP contribution in [0.25, 0.3) is 0 Å². The average molecular weight is 342 g/mol. The maximum atomic E-state index is 12.7. The van der Waals surface area contributed by atoms with Crippen molar-refractivity contribution in [3.8, 4) is 0 Å². The van der Waals surface area contributed by atoms with Crippen LogP contribution in [0.4, 0.5) is 13.2 Å². The van der Waals surface area contributed by atoms with Gasteiger partial charge in [0.25, 0.3) is 0 Å². The fourth-order valence-electron chi connectivity index (χ4n) is 3.00. The van der Waals surface area contributed by atoms with Gasteiger partial charge in [0.1, 0.15) is 0 Å². The Morgan fingerprint density at radius 2 is 2.21 bits per heavy atom. The topological polar surface area (TPSA) is 41.1 Å². The van der Waals surface area contributed by atoms with Gasteiger partial charge in [0.15, 0.2) is 0 Å². The van der Waals surface area contributed by atoms with E-state index in [1.165, 1.54) is 12.1 Å². The highest BCUT2D eigenvalue weighted by molar-refractivity contribution is 5.75. The van der Waals surface area contributed by atoms with E-state index < -0.39 is 11.7 Å². The first-order valence-electron chi connectivity index (χ1n) is 8.51. The molecule has 0 aliphatic carbocycles. The maximum absolute atomic E-state index is 12.7. The lowest BCUT2D eigenvalue weighted by Gasteiger charge is -2.15. The third-order valence-corrected chi connectivity index (χ3v) is 4.62. The van der Waals surface area contributed by atoms with Crippen LogP contribution in [0.1, 0.15) is 49.7 Å². The molecule has 0 radical (unpaired) electrons. The summed E-state index contributed by atoms with van der Waals surface area (Å²) in [6.07, 6.45) is -1.16. The van der Waals surface area contributed by atoms with Crippen molar-refractivity contribution in [2.75, 3.05) is 19.6 Å². The molecule has 1 aliphatic rings. The third-order valence-electron chi connectivity index (χ3n) is 4.62. The standard InChI is InChI=1S/C18H25F3N2O/c1-13(15-3-2-4-16(11-15)18(19,20)21)7-10-23-17(24)6-5-14-8-9-22-12-14/h2-4,11,13-14,22H,5-10,12H2,1H3,(H,23,24). The molecule has 2 rings (SSSR count). The van der Waals surface area contributed by atoms with Crippen molar-refractivity contribution in [2.45, 2.75) is 44.7 Å². The van der Waals surface area contributed by atoms with E-state index in [9.17, 15) is 18.0 Å². The molecule has 24 heavy (non-hydrogen) atoms. The van der Waals surface area contributed by atoms with Crippen molar-refractivity contribution in [3.05, 3.63) is 35.4 Å². The Morgan fingerprint density at radius 3 is 2.88 bits per heavy atom. The first kappa shape index (κ1) is 18.8. The van der Waals surface area contributed by atoms with E-state index in [1.54, 1.807) is 6.07 Å². The maximum Gasteiger partial charge on any atom is 0.416 e. The fourth-order valence-corrected chi connectivity index (χ4v) is 3.00. The van der Waals surface area contributed by atoms with Gasteiger partial charge in [-0.1, -0.05) is 25.1 Å². The molecule has 1 fully saturated rings. The lowest BCUT2D eigenvalue weighted by molar-refractivity contribution is -0.137. The summed E-state index contributed by atoms with van der Waals surface area (Å²) in [5, 5.41) is 6.15. The summed E-state index contributed by atoms with van der Waals surface area (Å²) >= 11 is 0. The summed E-state index contributed by atoms with van der Waals surface area (Å²) in [5.74, 6) is 0.574. The molecule has 1 aliphatic heterocycles. The first-order chi connectivity index (χ1) is 11.4. The molecule has 0 bridgehead atoms. The first-order valence-corrected chi connectivity index (χ1v) is 8.51. The Morgan fingerprint density at radius 1 is 1.42 bits per heavy atom. The number of hydrogen-bond acceptors (Lipinski definition) is 2. The van der Waals surface area contributed by atoms with E-state index in [0.717, 1.165) is 32.0 Å². The highest BCUT2D eigenvalue weighted by Crippen LogP contribution is 2.31. The van der Waals surface area contributed by atoms with E-state index in [4.69, 9.17) is 0 Å². The van der Waals surface area contributed by atoms with Gasteiger partial charge < -0.3 is 10.6 Å². The molecule has 6 heteroatoms. The minimum absolute atomic E-state index is 0.0261. The van der Waals surface area contributed by atoms with Gasteiger partial charge in [-0.05, 0) is 55.8 Å². The Hall–Kier alpha value is -1.56. The average Bonchev–Trinajstić information content (AvgIpc) is 3.05. The molecule has 134 valence electrons. The lowest BCUT2D eigenvalue weighted by atomic mass is 9.96. The molecule has 1 amide bonds. The zero-order valence-corrected chi connectivity index (χ0v) is 14.0. The second-order valence-electron chi connectivity index (χ2n) is 6.56. The molecule has 1 aromatic rings. The van der Waals surface area contributed by atoms with E-state index in [0.29, 0.717) is 30.9 Å². The zero-order valence-electron chi connectivity index (χ0n) is 14.0. The number of amides is 1. The normalized spacial score (nSPS) is 19.2. The summed E-state index contributed by atoms with van der Waals surface area (Å²) in [7, 11) is 0. The summed E-state index contributed by atoms with van der Waals surface area (Å²) < 4.78 is 38.2. The second kappa shape index (κ2) is 8.51. The fraction of sp³-hybridized carbons (Fsp3) is 0.611. The van der Waals surface area contributed by atoms with Crippen molar-refractivity contribution in [3.63, 3.8) is 0 Å². The number of hydrogen-bond donors (Lipinski definition) is 2. The molecule has 2 N–H and O–H groups in total. The minimum Gasteiger partial charge on any atom is -0.356 e. The summed E-state index contributed by atoms with van der Waals surface area (Å²) in [5.41, 5.74) is 0.0252. The summed E-state index contributed by atoms with van der Waals surface area (Å²) in [4.78, 5) is 11.8. The van der Waals surface area contributed by atoms with Crippen LogP contribution in [-0.4, -0.2) is 25.5 Å². The van der Waals surface area contributed by atoms with Crippen LogP contribution in [0.5, 0.6) is 0 Å². The monoisotopic (exact) mass is 342 g/mol. The van der Waals surface area contributed by atoms with Gasteiger partial charge in [-0.25, -0.2) is 0 Å². The van der Waals surface area contributed by atoms with E-state index >= 15 is 0 Å². The van der Waals surface area contributed by atoms with Crippen LogP contribution in [0.3, 0.4) is 0 Å². The van der Waals surface area contributed by atoms with Gasteiger partial charge in [-0.2, -0.15) is 13.2 Å². The largest absolute Gasteiger partial charge is 0.416 e. The molecule has 0 aromatic heterocycles. The van der Waals surface area contributed by atoms with E-state index in [2.05, 4.69) is 10.6 Å². The molecule has 1 saturated heterocycles. The number of benzene rings is 1. The predicted molar refractivity (Wildman–Crippen MR) is 87.7 cm³/mol. The molecule has 0 spiro atoms.